The van der Waals surface area contributed by atoms with Crippen molar-refractivity contribution in [1.29, 1.82) is 0 Å². The molecule has 3 heteroatoms. The second-order valence-corrected chi connectivity index (χ2v) is 5.74. The molecule has 0 fully saturated rings. The molecule has 0 saturated heterocycles. The second kappa shape index (κ2) is 5.35. The number of benzene rings is 2. The number of hydrogen-bond donors (Lipinski definition) is 1. The topological polar surface area (TPSA) is 29.5 Å². The second-order valence-electron chi connectivity index (χ2n) is 4.82. The summed E-state index contributed by atoms with van der Waals surface area (Å²) in [5, 5.41) is 12.7. The first-order chi connectivity index (χ1) is 9.24. The van der Waals surface area contributed by atoms with Gasteiger partial charge in [-0.05, 0) is 52.9 Å². The molecule has 0 amide bonds. The molecular weight excluding hydrogens is 304 g/mol. The van der Waals surface area contributed by atoms with Crippen molar-refractivity contribution in [3.05, 3.63) is 58.3 Å². The fraction of sp³-hybridized carbons (Fsp3) is 0.250. The molecule has 1 atom stereocenters. The van der Waals surface area contributed by atoms with Crippen molar-refractivity contribution < 1.29 is 9.84 Å². The van der Waals surface area contributed by atoms with Crippen molar-refractivity contribution in [2.45, 2.75) is 18.9 Å². The lowest BCUT2D eigenvalue weighted by Gasteiger charge is -2.19. The first-order valence-corrected chi connectivity index (χ1v) is 7.21. The summed E-state index contributed by atoms with van der Waals surface area (Å²) >= 11 is 3.47. The minimum Gasteiger partial charge on any atom is -0.501 e. The number of aliphatic hydroxyl groups excluding tert-OH is 1. The molecule has 0 radical (unpaired) electrons. The minimum atomic E-state index is -0.562. The summed E-state index contributed by atoms with van der Waals surface area (Å²) in [4.78, 5) is 0. The fourth-order valence-electron chi connectivity index (χ4n) is 2.40. The molecule has 1 aliphatic rings. The SMILES string of the molecule is OC(C1=COCCC1)c1ccc2cc(Br)ccc2c1. The highest BCUT2D eigenvalue weighted by Crippen LogP contribution is 2.30. The molecule has 2 nitrogen and oxygen atoms in total. The Hall–Kier alpha value is -1.32. The van der Waals surface area contributed by atoms with Gasteiger partial charge in [0.1, 0.15) is 6.10 Å². The third-order valence-electron chi connectivity index (χ3n) is 3.46. The van der Waals surface area contributed by atoms with Gasteiger partial charge >= 0.3 is 0 Å². The zero-order valence-electron chi connectivity index (χ0n) is 10.5. The first kappa shape index (κ1) is 12.7. The van der Waals surface area contributed by atoms with E-state index in [-0.39, 0.29) is 0 Å². The maximum Gasteiger partial charge on any atom is 0.103 e. The Labute approximate surface area is 120 Å². The van der Waals surface area contributed by atoms with Crippen molar-refractivity contribution in [1.82, 2.24) is 0 Å². The summed E-state index contributed by atoms with van der Waals surface area (Å²) in [6.07, 6.45) is 3.02. The van der Waals surface area contributed by atoms with Crippen molar-refractivity contribution in [3.8, 4) is 0 Å². The van der Waals surface area contributed by atoms with Crippen LogP contribution >= 0.6 is 15.9 Å². The van der Waals surface area contributed by atoms with Crippen LogP contribution in [-0.4, -0.2) is 11.7 Å². The third kappa shape index (κ3) is 2.67. The molecule has 0 aromatic heterocycles. The number of hydrogen-bond acceptors (Lipinski definition) is 2. The number of fused-ring (bicyclic) bond motifs is 1. The van der Waals surface area contributed by atoms with Gasteiger partial charge in [0, 0.05) is 4.47 Å². The van der Waals surface area contributed by atoms with Gasteiger partial charge in [-0.25, -0.2) is 0 Å². The molecule has 19 heavy (non-hydrogen) atoms. The summed E-state index contributed by atoms with van der Waals surface area (Å²) in [6, 6.07) is 12.2. The van der Waals surface area contributed by atoms with Gasteiger partial charge in [-0.3, -0.25) is 0 Å². The van der Waals surface area contributed by atoms with Gasteiger partial charge in [0.05, 0.1) is 12.9 Å². The summed E-state index contributed by atoms with van der Waals surface area (Å²) < 4.78 is 6.37. The number of aliphatic hydroxyl groups is 1. The highest BCUT2D eigenvalue weighted by atomic mass is 79.9. The summed E-state index contributed by atoms with van der Waals surface area (Å²) in [5.74, 6) is 0. The average molecular weight is 319 g/mol. The van der Waals surface area contributed by atoms with E-state index in [0.29, 0.717) is 0 Å². The Morgan fingerprint density at radius 1 is 1.11 bits per heavy atom. The van der Waals surface area contributed by atoms with Crippen LogP contribution in [0.25, 0.3) is 10.8 Å². The van der Waals surface area contributed by atoms with E-state index in [4.69, 9.17) is 4.74 Å². The molecule has 1 aliphatic heterocycles. The van der Waals surface area contributed by atoms with E-state index >= 15 is 0 Å². The molecule has 0 spiro atoms. The molecule has 1 N–H and O–H groups in total. The Kier molecular flexibility index (Phi) is 3.58. The standard InChI is InChI=1S/C16H15BrO2/c17-15-6-5-11-8-13(4-3-12(11)9-15)16(18)14-2-1-7-19-10-14/h3-6,8-10,16,18H,1-2,7H2. The van der Waals surface area contributed by atoms with Gasteiger partial charge in [0.2, 0.25) is 0 Å². The lowest BCUT2D eigenvalue weighted by atomic mass is 9.96. The van der Waals surface area contributed by atoms with E-state index in [1.807, 2.05) is 24.3 Å². The summed E-state index contributed by atoms with van der Waals surface area (Å²) in [7, 11) is 0. The van der Waals surface area contributed by atoms with Crippen LogP contribution in [0.15, 0.2) is 52.7 Å². The van der Waals surface area contributed by atoms with Gasteiger partial charge < -0.3 is 9.84 Å². The normalized spacial score (nSPS) is 16.8. The molecule has 1 unspecified atom stereocenters. The summed E-state index contributed by atoms with van der Waals surface area (Å²) in [5.41, 5.74) is 1.88. The van der Waals surface area contributed by atoms with Crippen LogP contribution in [0.1, 0.15) is 24.5 Å². The van der Waals surface area contributed by atoms with Crippen LogP contribution in [-0.2, 0) is 4.74 Å². The van der Waals surface area contributed by atoms with Crippen LogP contribution in [0.3, 0.4) is 0 Å². The molecular formula is C16H15BrO2. The van der Waals surface area contributed by atoms with Gasteiger partial charge in [0.15, 0.2) is 0 Å². The van der Waals surface area contributed by atoms with E-state index in [0.717, 1.165) is 40.4 Å². The molecule has 0 saturated carbocycles. The molecule has 98 valence electrons. The highest BCUT2D eigenvalue weighted by Gasteiger charge is 2.16. The van der Waals surface area contributed by atoms with Crippen LogP contribution in [0.2, 0.25) is 0 Å². The van der Waals surface area contributed by atoms with E-state index < -0.39 is 6.10 Å². The molecule has 3 rings (SSSR count). The minimum absolute atomic E-state index is 0.562. The predicted octanol–water partition coefficient (Wildman–Crippen LogP) is 4.33. The quantitative estimate of drug-likeness (QED) is 0.893. The largest absolute Gasteiger partial charge is 0.501 e. The number of ether oxygens (including phenoxy) is 1. The average Bonchev–Trinajstić information content (AvgIpc) is 2.47. The Bertz CT molecular complexity index is 634. The van der Waals surface area contributed by atoms with Crippen LogP contribution in [0, 0.1) is 0 Å². The zero-order valence-corrected chi connectivity index (χ0v) is 12.1. The predicted molar refractivity (Wildman–Crippen MR) is 79.9 cm³/mol. The van der Waals surface area contributed by atoms with Crippen LogP contribution in [0.5, 0.6) is 0 Å². The van der Waals surface area contributed by atoms with E-state index in [1.54, 1.807) is 6.26 Å². The van der Waals surface area contributed by atoms with Crippen LogP contribution < -0.4 is 0 Å². The fourth-order valence-corrected chi connectivity index (χ4v) is 2.78. The maximum atomic E-state index is 10.4. The Morgan fingerprint density at radius 2 is 1.89 bits per heavy atom. The van der Waals surface area contributed by atoms with Gasteiger partial charge in [-0.1, -0.05) is 34.1 Å². The van der Waals surface area contributed by atoms with Gasteiger partial charge in [-0.15, -0.1) is 0 Å². The van der Waals surface area contributed by atoms with E-state index in [1.165, 1.54) is 5.39 Å². The maximum absolute atomic E-state index is 10.4. The number of rotatable bonds is 2. The van der Waals surface area contributed by atoms with Crippen molar-refractivity contribution in [3.63, 3.8) is 0 Å². The van der Waals surface area contributed by atoms with Gasteiger partial charge in [0.25, 0.3) is 0 Å². The molecule has 0 bridgehead atoms. The lowest BCUT2D eigenvalue weighted by Crippen LogP contribution is -2.07. The monoisotopic (exact) mass is 318 g/mol. The van der Waals surface area contributed by atoms with Crippen molar-refractivity contribution in [2.75, 3.05) is 6.61 Å². The molecule has 1 heterocycles. The van der Waals surface area contributed by atoms with E-state index in [2.05, 4.69) is 28.1 Å². The zero-order chi connectivity index (χ0) is 13.2. The smallest absolute Gasteiger partial charge is 0.103 e. The molecule has 2 aromatic rings. The Morgan fingerprint density at radius 3 is 2.68 bits per heavy atom. The third-order valence-corrected chi connectivity index (χ3v) is 3.95. The molecule has 0 aliphatic carbocycles. The van der Waals surface area contributed by atoms with Crippen molar-refractivity contribution >= 4 is 26.7 Å². The first-order valence-electron chi connectivity index (χ1n) is 6.42. The van der Waals surface area contributed by atoms with Crippen LogP contribution in [0.4, 0.5) is 0 Å². The van der Waals surface area contributed by atoms with Gasteiger partial charge in [-0.2, -0.15) is 0 Å². The Balaban J connectivity index is 1.96. The summed E-state index contributed by atoms with van der Waals surface area (Å²) in [6.45, 7) is 0.752. The van der Waals surface area contributed by atoms with E-state index in [9.17, 15) is 5.11 Å². The lowest BCUT2D eigenvalue weighted by molar-refractivity contribution is 0.170. The number of halogens is 1. The molecule has 2 aromatic carbocycles. The highest BCUT2D eigenvalue weighted by molar-refractivity contribution is 9.10. The van der Waals surface area contributed by atoms with Crippen molar-refractivity contribution in [2.24, 2.45) is 0 Å².